The number of nitrogens with one attached hydrogen (secondary N) is 1. The third-order valence-corrected chi connectivity index (χ3v) is 4.66. The predicted octanol–water partition coefficient (Wildman–Crippen LogP) is 4.52. The number of ether oxygens (including phenoxy) is 2. The number of aliphatic hydroxyl groups excluding tert-OH is 1. The van der Waals surface area contributed by atoms with E-state index >= 15 is 0 Å². The summed E-state index contributed by atoms with van der Waals surface area (Å²) in [6, 6.07) is 12.7. The topological polar surface area (TPSA) is 93.6 Å². The summed E-state index contributed by atoms with van der Waals surface area (Å²) in [7, 11) is 0. The van der Waals surface area contributed by atoms with Crippen molar-refractivity contribution in [1.82, 2.24) is 9.97 Å². The number of rotatable bonds is 8. The molecular weight excluding hydrogens is 402 g/mol. The zero-order valence-corrected chi connectivity index (χ0v) is 17.8. The van der Waals surface area contributed by atoms with E-state index in [0.29, 0.717) is 28.5 Å². The Morgan fingerprint density at radius 1 is 1.07 bits per heavy atom. The molecule has 0 unspecified atom stereocenters. The van der Waals surface area contributed by atoms with E-state index in [1.807, 2.05) is 44.4 Å². The second kappa shape index (κ2) is 10.1. The van der Waals surface area contributed by atoms with Crippen molar-refractivity contribution in [2.75, 3.05) is 11.6 Å². The average Bonchev–Trinajstić information content (AvgIpc) is 2.74. The molecule has 0 aliphatic heterocycles. The summed E-state index contributed by atoms with van der Waals surface area (Å²) in [6.07, 6.45) is 4.74. The highest BCUT2D eigenvalue weighted by atomic mass is 32.2. The number of carbonyl (C=O) groups is 1. The summed E-state index contributed by atoms with van der Waals surface area (Å²) < 4.78 is 11.7. The summed E-state index contributed by atoms with van der Waals surface area (Å²) >= 11 is 1.65. The summed E-state index contributed by atoms with van der Waals surface area (Å²) in [5.74, 6) is 1.57. The molecule has 1 aromatic heterocycles. The monoisotopic (exact) mass is 425 g/mol. The Morgan fingerprint density at radius 2 is 1.80 bits per heavy atom. The van der Waals surface area contributed by atoms with Gasteiger partial charge in [-0.25, -0.2) is 4.98 Å². The Bertz CT molecular complexity index is 992. The van der Waals surface area contributed by atoms with E-state index < -0.39 is 0 Å². The molecule has 0 saturated carbocycles. The molecule has 1 heterocycles. The molecular formula is C22H23N3O4S. The van der Waals surface area contributed by atoms with Crippen LogP contribution in [0.15, 0.2) is 59.8 Å². The van der Waals surface area contributed by atoms with Gasteiger partial charge in [-0.1, -0.05) is 0 Å². The Hall–Kier alpha value is -3.10. The average molecular weight is 426 g/mol. The van der Waals surface area contributed by atoms with Crippen LogP contribution in [-0.4, -0.2) is 33.3 Å². The van der Waals surface area contributed by atoms with E-state index in [-0.39, 0.29) is 24.4 Å². The van der Waals surface area contributed by atoms with E-state index in [9.17, 15) is 4.79 Å². The van der Waals surface area contributed by atoms with Crippen molar-refractivity contribution in [3.63, 3.8) is 0 Å². The van der Waals surface area contributed by atoms with Crippen LogP contribution in [0.4, 0.5) is 5.82 Å². The molecule has 7 nitrogen and oxygen atoms in total. The second-order valence-corrected chi connectivity index (χ2v) is 7.52. The number of hydrogen-bond donors (Lipinski definition) is 2. The van der Waals surface area contributed by atoms with Crippen molar-refractivity contribution in [1.29, 1.82) is 0 Å². The fourth-order valence-corrected chi connectivity index (χ4v) is 2.98. The molecule has 0 aliphatic rings. The number of carbonyl (C=O) groups excluding carboxylic acids is 1. The summed E-state index contributed by atoms with van der Waals surface area (Å²) in [5, 5.41) is 11.7. The lowest BCUT2D eigenvalue weighted by atomic mass is 10.2. The molecule has 2 N–H and O–H groups in total. The number of benzene rings is 2. The smallest absolute Gasteiger partial charge is 0.257 e. The number of amides is 1. The standard InChI is InChI=1S/C22H23N3O4S/c1-14(2)28-18-8-15(22(27)25-21-12-23-16(13-26)11-24-21)9-19(10-18)29-17-4-6-20(30-3)7-5-17/h4-12,14,26H,13H2,1-3H3,(H,24,25,27). The van der Waals surface area contributed by atoms with Gasteiger partial charge in [0.05, 0.1) is 30.8 Å². The van der Waals surface area contributed by atoms with Crippen LogP contribution in [0.2, 0.25) is 0 Å². The largest absolute Gasteiger partial charge is 0.491 e. The van der Waals surface area contributed by atoms with Crippen LogP contribution in [0, 0.1) is 0 Å². The molecule has 2 aromatic carbocycles. The number of aromatic nitrogens is 2. The first kappa shape index (κ1) is 21.6. The summed E-state index contributed by atoms with van der Waals surface area (Å²) in [4.78, 5) is 22.0. The van der Waals surface area contributed by atoms with Crippen molar-refractivity contribution >= 4 is 23.5 Å². The summed E-state index contributed by atoms with van der Waals surface area (Å²) in [5.41, 5.74) is 0.778. The minimum Gasteiger partial charge on any atom is -0.491 e. The van der Waals surface area contributed by atoms with Crippen LogP contribution < -0.4 is 14.8 Å². The van der Waals surface area contributed by atoms with E-state index in [1.54, 1.807) is 30.0 Å². The first-order valence-corrected chi connectivity index (χ1v) is 10.6. The molecule has 0 fully saturated rings. The van der Waals surface area contributed by atoms with Crippen LogP contribution in [0.1, 0.15) is 29.9 Å². The molecule has 3 aromatic rings. The van der Waals surface area contributed by atoms with Gasteiger partial charge in [0.1, 0.15) is 17.2 Å². The van der Waals surface area contributed by atoms with Crippen LogP contribution in [0.5, 0.6) is 17.2 Å². The fourth-order valence-electron chi connectivity index (χ4n) is 2.57. The fraction of sp³-hybridized carbons (Fsp3) is 0.227. The van der Waals surface area contributed by atoms with E-state index in [1.165, 1.54) is 12.4 Å². The van der Waals surface area contributed by atoms with Crippen LogP contribution in [0.3, 0.4) is 0 Å². The van der Waals surface area contributed by atoms with Crippen molar-refractivity contribution < 1.29 is 19.4 Å². The van der Waals surface area contributed by atoms with Crippen LogP contribution in [0.25, 0.3) is 0 Å². The van der Waals surface area contributed by atoms with E-state index in [4.69, 9.17) is 14.6 Å². The Balaban J connectivity index is 1.84. The van der Waals surface area contributed by atoms with E-state index in [0.717, 1.165) is 4.90 Å². The highest BCUT2D eigenvalue weighted by molar-refractivity contribution is 7.98. The molecule has 0 aliphatic carbocycles. The lowest BCUT2D eigenvalue weighted by Gasteiger charge is -2.14. The van der Waals surface area contributed by atoms with Crippen molar-refractivity contribution in [3.8, 4) is 17.2 Å². The first-order valence-electron chi connectivity index (χ1n) is 9.33. The molecule has 1 amide bonds. The number of anilines is 1. The molecule has 0 saturated heterocycles. The summed E-state index contributed by atoms with van der Waals surface area (Å²) in [6.45, 7) is 3.61. The first-order chi connectivity index (χ1) is 14.5. The molecule has 30 heavy (non-hydrogen) atoms. The maximum atomic E-state index is 12.8. The van der Waals surface area contributed by atoms with Gasteiger partial charge in [0.25, 0.3) is 5.91 Å². The highest BCUT2D eigenvalue weighted by Gasteiger charge is 2.13. The van der Waals surface area contributed by atoms with E-state index in [2.05, 4.69) is 15.3 Å². The molecule has 0 spiro atoms. The third-order valence-electron chi connectivity index (χ3n) is 3.92. The molecule has 3 rings (SSSR count). The maximum Gasteiger partial charge on any atom is 0.257 e. The minimum absolute atomic E-state index is 0.0612. The van der Waals surface area contributed by atoms with Gasteiger partial charge in [-0.3, -0.25) is 9.78 Å². The Labute approximate surface area is 179 Å². The van der Waals surface area contributed by atoms with Crippen molar-refractivity contribution in [3.05, 3.63) is 66.1 Å². The number of hydrogen-bond acceptors (Lipinski definition) is 7. The van der Waals surface area contributed by atoms with Gasteiger partial charge < -0.3 is 19.9 Å². The third kappa shape index (κ3) is 5.95. The number of nitrogens with zero attached hydrogens (tertiary/aromatic N) is 2. The van der Waals surface area contributed by atoms with Gasteiger partial charge >= 0.3 is 0 Å². The van der Waals surface area contributed by atoms with Gasteiger partial charge in [-0.2, -0.15) is 0 Å². The lowest BCUT2D eigenvalue weighted by molar-refractivity contribution is 0.102. The van der Waals surface area contributed by atoms with Crippen LogP contribution in [-0.2, 0) is 6.61 Å². The van der Waals surface area contributed by atoms with Gasteiger partial charge in [0, 0.05) is 16.5 Å². The maximum absolute atomic E-state index is 12.8. The Kier molecular flexibility index (Phi) is 7.26. The van der Waals surface area contributed by atoms with Crippen molar-refractivity contribution in [2.24, 2.45) is 0 Å². The molecule has 0 radical (unpaired) electrons. The minimum atomic E-state index is -0.377. The zero-order chi connectivity index (χ0) is 21.5. The normalized spacial score (nSPS) is 10.7. The van der Waals surface area contributed by atoms with Gasteiger partial charge in [0.15, 0.2) is 5.82 Å². The second-order valence-electron chi connectivity index (χ2n) is 6.64. The predicted molar refractivity (Wildman–Crippen MR) is 116 cm³/mol. The zero-order valence-electron chi connectivity index (χ0n) is 17.0. The number of aliphatic hydroxyl groups is 1. The highest BCUT2D eigenvalue weighted by Crippen LogP contribution is 2.29. The molecule has 0 atom stereocenters. The quantitative estimate of drug-likeness (QED) is 0.512. The number of thioether (sulfide) groups is 1. The Morgan fingerprint density at radius 3 is 2.40 bits per heavy atom. The lowest BCUT2D eigenvalue weighted by Crippen LogP contribution is -2.14. The molecule has 8 heteroatoms. The SMILES string of the molecule is CSc1ccc(Oc2cc(OC(C)C)cc(C(=O)Nc3cnc(CO)cn3)c2)cc1. The van der Waals surface area contributed by atoms with Crippen molar-refractivity contribution in [2.45, 2.75) is 31.5 Å². The van der Waals surface area contributed by atoms with Gasteiger partial charge in [-0.05, 0) is 56.5 Å². The molecule has 0 bridgehead atoms. The van der Waals surface area contributed by atoms with Gasteiger partial charge in [0.2, 0.25) is 0 Å². The molecule has 156 valence electrons. The van der Waals surface area contributed by atoms with Gasteiger partial charge in [-0.15, -0.1) is 11.8 Å². The van der Waals surface area contributed by atoms with Crippen LogP contribution >= 0.6 is 11.8 Å².